The topological polar surface area (TPSA) is 63.2 Å². The highest BCUT2D eigenvalue weighted by Gasteiger charge is 2.09. The first-order valence-electron chi connectivity index (χ1n) is 9.14. The SMILES string of the molecule is CCOc1ccccc1Nc1ccc(C(=O)NCCc2ccccc2F)nc1. The summed E-state index contributed by atoms with van der Waals surface area (Å²) in [6.07, 6.45) is 2.01. The van der Waals surface area contributed by atoms with Crippen molar-refractivity contribution in [2.45, 2.75) is 13.3 Å². The van der Waals surface area contributed by atoms with Crippen LogP contribution in [0.25, 0.3) is 0 Å². The minimum Gasteiger partial charge on any atom is -0.492 e. The molecule has 28 heavy (non-hydrogen) atoms. The number of nitrogens with one attached hydrogen (secondary N) is 2. The molecule has 2 N–H and O–H groups in total. The van der Waals surface area contributed by atoms with Crippen molar-refractivity contribution in [1.82, 2.24) is 10.3 Å². The van der Waals surface area contributed by atoms with Crippen molar-refractivity contribution in [3.63, 3.8) is 0 Å². The Morgan fingerprint density at radius 1 is 1.07 bits per heavy atom. The summed E-state index contributed by atoms with van der Waals surface area (Å²) in [7, 11) is 0. The van der Waals surface area contributed by atoms with Crippen LogP contribution < -0.4 is 15.4 Å². The van der Waals surface area contributed by atoms with E-state index in [2.05, 4.69) is 15.6 Å². The molecular formula is C22H22FN3O2. The van der Waals surface area contributed by atoms with Crippen LogP contribution in [0.5, 0.6) is 5.75 Å². The summed E-state index contributed by atoms with van der Waals surface area (Å²) in [6.45, 7) is 2.84. The van der Waals surface area contributed by atoms with Crippen LogP contribution in [-0.4, -0.2) is 24.0 Å². The van der Waals surface area contributed by atoms with E-state index in [1.807, 2.05) is 31.2 Å². The highest BCUT2D eigenvalue weighted by atomic mass is 19.1. The summed E-state index contributed by atoms with van der Waals surface area (Å²) in [4.78, 5) is 16.4. The van der Waals surface area contributed by atoms with Gasteiger partial charge in [0, 0.05) is 6.54 Å². The van der Waals surface area contributed by atoms with Crippen molar-refractivity contribution >= 4 is 17.3 Å². The van der Waals surface area contributed by atoms with E-state index in [0.29, 0.717) is 30.8 Å². The third-order valence-corrected chi connectivity index (χ3v) is 4.10. The molecule has 0 spiro atoms. The zero-order valence-electron chi connectivity index (χ0n) is 15.6. The molecular weight excluding hydrogens is 357 g/mol. The number of halogens is 1. The molecule has 1 amide bonds. The molecule has 0 saturated heterocycles. The van der Waals surface area contributed by atoms with Crippen LogP contribution in [0.15, 0.2) is 66.9 Å². The smallest absolute Gasteiger partial charge is 0.269 e. The molecule has 0 aliphatic carbocycles. The molecule has 0 saturated carbocycles. The molecule has 0 aliphatic rings. The molecule has 3 rings (SSSR count). The van der Waals surface area contributed by atoms with E-state index in [4.69, 9.17) is 4.74 Å². The van der Waals surface area contributed by atoms with Crippen molar-refractivity contribution in [2.24, 2.45) is 0 Å². The van der Waals surface area contributed by atoms with Crippen molar-refractivity contribution in [3.05, 3.63) is 83.9 Å². The van der Waals surface area contributed by atoms with Gasteiger partial charge in [-0.1, -0.05) is 30.3 Å². The molecule has 0 aliphatic heterocycles. The maximum atomic E-state index is 13.6. The van der Waals surface area contributed by atoms with E-state index < -0.39 is 0 Å². The summed E-state index contributed by atoms with van der Waals surface area (Å²) >= 11 is 0. The van der Waals surface area contributed by atoms with E-state index in [-0.39, 0.29) is 11.7 Å². The zero-order chi connectivity index (χ0) is 19.8. The second-order valence-electron chi connectivity index (χ2n) is 6.08. The van der Waals surface area contributed by atoms with Crippen LogP contribution in [-0.2, 0) is 6.42 Å². The van der Waals surface area contributed by atoms with Gasteiger partial charge in [0.2, 0.25) is 0 Å². The Balaban J connectivity index is 1.56. The van der Waals surface area contributed by atoms with E-state index in [1.165, 1.54) is 6.07 Å². The van der Waals surface area contributed by atoms with Gasteiger partial charge >= 0.3 is 0 Å². The average Bonchev–Trinajstić information content (AvgIpc) is 2.71. The lowest BCUT2D eigenvalue weighted by Crippen LogP contribution is -2.26. The van der Waals surface area contributed by atoms with E-state index in [1.54, 1.807) is 36.5 Å². The number of hydrogen-bond acceptors (Lipinski definition) is 4. The van der Waals surface area contributed by atoms with Crippen LogP contribution >= 0.6 is 0 Å². The Morgan fingerprint density at radius 2 is 1.86 bits per heavy atom. The number of nitrogens with zero attached hydrogens (tertiary/aromatic N) is 1. The van der Waals surface area contributed by atoms with Gasteiger partial charge in [-0.3, -0.25) is 4.79 Å². The number of anilines is 2. The van der Waals surface area contributed by atoms with Gasteiger partial charge in [-0.05, 0) is 49.2 Å². The number of hydrogen-bond donors (Lipinski definition) is 2. The number of benzene rings is 2. The molecule has 1 aromatic heterocycles. The van der Waals surface area contributed by atoms with E-state index in [0.717, 1.165) is 17.1 Å². The lowest BCUT2D eigenvalue weighted by atomic mass is 10.1. The fourth-order valence-corrected chi connectivity index (χ4v) is 2.71. The third-order valence-electron chi connectivity index (χ3n) is 4.10. The number of para-hydroxylation sites is 2. The molecule has 0 radical (unpaired) electrons. The number of ether oxygens (including phenoxy) is 1. The summed E-state index contributed by atoms with van der Waals surface area (Å²) in [5.74, 6) is 0.190. The van der Waals surface area contributed by atoms with Gasteiger partial charge in [0.05, 0.1) is 24.2 Å². The number of rotatable bonds is 8. The van der Waals surface area contributed by atoms with Gasteiger partial charge in [0.1, 0.15) is 17.3 Å². The quantitative estimate of drug-likeness (QED) is 0.611. The number of aromatic nitrogens is 1. The van der Waals surface area contributed by atoms with E-state index >= 15 is 0 Å². The second-order valence-corrected chi connectivity index (χ2v) is 6.08. The Bertz CT molecular complexity index is 929. The lowest BCUT2D eigenvalue weighted by molar-refractivity contribution is 0.0949. The molecule has 3 aromatic rings. The Kier molecular flexibility index (Phi) is 6.57. The molecule has 0 bridgehead atoms. The second kappa shape index (κ2) is 9.50. The van der Waals surface area contributed by atoms with Crippen LogP contribution in [0.2, 0.25) is 0 Å². The first-order chi connectivity index (χ1) is 13.7. The van der Waals surface area contributed by atoms with Gasteiger partial charge in [-0.25, -0.2) is 9.37 Å². The fourth-order valence-electron chi connectivity index (χ4n) is 2.71. The van der Waals surface area contributed by atoms with Crippen LogP contribution in [0.1, 0.15) is 23.0 Å². The normalized spacial score (nSPS) is 10.4. The molecule has 0 fully saturated rings. The third kappa shape index (κ3) is 5.07. The summed E-state index contributed by atoms with van der Waals surface area (Å²) in [5.41, 5.74) is 2.45. The minimum atomic E-state index is -0.294. The minimum absolute atomic E-state index is 0.266. The molecule has 5 nitrogen and oxygen atoms in total. The van der Waals surface area contributed by atoms with Crippen LogP contribution in [0.3, 0.4) is 0 Å². The molecule has 2 aromatic carbocycles. The number of amides is 1. The monoisotopic (exact) mass is 379 g/mol. The predicted molar refractivity (Wildman–Crippen MR) is 108 cm³/mol. The summed E-state index contributed by atoms with van der Waals surface area (Å²) in [6, 6.07) is 17.6. The summed E-state index contributed by atoms with van der Waals surface area (Å²) in [5, 5.41) is 5.99. The highest BCUT2D eigenvalue weighted by Crippen LogP contribution is 2.27. The largest absolute Gasteiger partial charge is 0.492 e. The Morgan fingerprint density at radius 3 is 2.61 bits per heavy atom. The van der Waals surface area contributed by atoms with Gasteiger partial charge in [0.25, 0.3) is 5.91 Å². The molecule has 144 valence electrons. The number of carbonyl (C=O) groups excluding carboxylic acids is 1. The lowest BCUT2D eigenvalue weighted by Gasteiger charge is -2.12. The summed E-state index contributed by atoms with van der Waals surface area (Å²) < 4.78 is 19.2. The maximum absolute atomic E-state index is 13.6. The van der Waals surface area contributed by atoms with Gasteiger partial charge in [-0.15, -0.1) is 0 Å². The van der Waals surface area contributed by atoms with E-state index in [9.17, 15) is 9.18 Å². The predicted octanol–water partition coefficient (Wildman–Crippen LogP) is 4.34. The zero-order valence-corrected chi connectivity index (χ0v) is 15.6. The van der Waals surface area contributed by atoms with Crippen molar-refractivity contribution in [3.8, 4) is 5.75 Å². The first kappa shape index (κ1) is 19.4. The van der Waals surface area contributed by atoms with Crippen molar-refractivity contribution in [2.75, 3.05) is 18.5 Å². The Hall–Kier alpha value is -3.41. The van der Waals surface area contributed by atoms with Gasteiger partial charge in [0.15, 0.2) is 0 Å². The van der Waals surface area contributed by atoms with Crippen molar-refractivity contribution in [1.29, 1.82) is 0 Å². The Labute approximate surface area is 163 Å². The molecule has 6 heteroatoms. The van der Waals surface area contributed by atoms with Crippen molar-refractivity contribution < 1.29 is 13.9 Å². The fraction of sp³-hybridized carbons (Fsp3) is 0.182. The van der Waals surface area contributed by atoms with Gasteiger partial charge < -0.3 is 15.4 Å². The number of pyridine rings is 1. The maximum Gasteiger partial charge on any atom is 0.269 e. The van der Waals surface area contributed by atoms with Crippen LogP contribution in [0.4, 0.5) is 15.8 Å². The van der Waals surface area contributed by atoms with Gasteiger partial charge in [-0.2, -0.15) is 0 Å². The number of carbonyl (C=O) groups is 1. The molecule has 0 unspecified atom stereocenters. The first-order valence-corrected chi connectivity index (χ1v) is 9.14. The molecule has 0 atom stereocenters. The highest BCUT2D eigenvalue weighted by molar-refractivity contribution is 5.92. The molecule has 1 heterocycles. The average molecular weight is 379 g/mol. The standard InChI is InChI=1S/C22H22FN3O2/c1-2-28-21-10-6-5-9-19(21)26-17-11-12-20(25-15-17)22(27)24-14-13-16-7-3-4-8-18(16)23/h3-12,15,26H,2,13-14H2,1H3,(H,24,27). The van der Waals surface area contributed by atoms with Crippen LogP contribution in [0, 0.1) is 5.82 Å².